The highest BCUT2D eigenvalue weighted by molar-refractivity contribution is 6.02. The first kappa shape index (κ1) is 15.2. The van der Waals surface area contributed by atoms with Gasteiger partial charge in [0.25, 0.3) is 0 Å². The highest BCUT2D eigenvalue weighted by Crippen LogP contribution is 2.66. The summed E-state index contributed by atoms with van der Waals surface area (Å²) in [6, 6.07) is 11.3. The molecular weight excluding hydrogens is 300 g/mol. The van der Waals surface area contributed by atoms with Gasteiger partial charge in [-0.25, -0.2) is 5.43 Å². The average molecular weight is 322 g/mol. The summed E-state index contributed by atoms with van der Waals surface area (Å²) in [5.74, 6) is 0.796. The van der Waals surface area contributed by atoms with Gasteiger partial charge in [-0.05, 0) is 41.0 Å². The van der Waals surface area contributed by atoms with Crippen LogP contribution in [0.25, 0.3) is 10.8 Å². The van der Waals surface area contributed by atoms with Crippen molar-refractivity contribution >= 4 is 22.9 Å². The number of hydrogen-bond donors (Lipinski definition) is 2. The fourth-order valence-electron chi connectivity index (χ4n) is 4.50. The van der Waals surface area contributed by atoms with Crippen LogP contribution in [-0.4, -0.2) is 17.2 Å². The first-order valence-electron chi connectivity index (χ1n) is 8.65. The summed E-state index contributed by atoms with van der Waals surface area (Å²) in [7, 11) is 0. The monoisotopic (exact) mass is 322 g/mol. The molecule has 4 rings (SSSR count). The van der Waals surface area contributed by atoms with Gasteiger partial charge in [-0.1, -0.05) is 50.1 Å². The zero-order valence-electron chi connectivity index (χ0n) is 13.8. The first-order valence-corrected chi connectivity index (χ1v) is 8.65. The Morgan fingerprint density at radius 2 is 2.12 bits per heavy atom. The molecule has 24 heavy (non-hydrogen) atoms. The number of phenolic OH excluding ortho intramolecular Hbond substituents is 1. The molecule has 124 valence electrons. The molecule has 0 heterocycles. The second-order valence-corrected chi connectivity index (χ2v) is 7.29. The number of carbonyl (C=O) groups excluding carboxylic acids is 1. The van der Waals surface area contributed by atoms with E-state index in [2.05, 4.69) is 17.5 Å². The van der Waals surface area contributed by atoms with Crippen molar-refractivity contribution in [3.8, 4) is 5.75 Å². The van der Waals surface area contributed by atoms with Crippen molar-refractivity contribution in [2.45, 2.75) is 32.6 Å². The molecule has 2 fully saturated rings. The van der Waals surface area contributed by atoms with E-state index in [1.165, 1.54) is 12.8 Å². The van der Waals surface area contributed by atoms with Crippen molar-refractivity contribution in [3.63, 3.8) is 0 Å². The predicted octanol–water partition coefficient (Wildman–Crippen LogP) is 3.82. The van der Waals surface area contributed by atoms with Crippen molar-refractivity contribution in [2.75, 3.05) is 0 Å². The summed E-state index contributed by atoms with van der Waals surface area (Å²) in [6.45, 7) is 2.22. The third-order valence-corrected chi connectivity index (χ3v) is 5.93. The van der Waals surface area contributed by atoms with Crippen LogP contribution in [0.1, 0.15) is 38.2 Å². The zero-order chi connectivity index (χ0) is 16.7. The number of hydrazone groups is 1. The van der Waals surface area contributed by atoms with Gasteiger partial charge in [0.05, 0.1) is 6.21 Å². The Bertz CT molecular complexity index is 829. The molecule has 2 aliphatic rings. The number of phenols is 1. The maximum atomic E-state index is 12.4. The van der Waals surface area contributed by atoms with Gasteiger partial charge in [0.2, 0.25) is 5.91 Å². The van der Waals surface area contributed by atoms with Gasteiger partial charge in [-0.15, -0.1) is 0 Å². The lowest BCUT2D eigenvalue weighted by atomic mass is 9.90. The quantitative estimate of drug-likeness (QED) is 0.666. The molecule has 2 N–H and O–H groups in total. The number of hydrogen-bond acceptors (Lipinski definition) is 3. The van der Waals surface area contributed by atoms with Crippen molar-refractivity contribution in [1.82, 2.24) is 5.43 Å². The summed E-state index contributed by atoms with van der Waals surface area (Å²) in [5.41, 5.74) is 3.50. The van der Waals surface area contributed by atoms with Crippen molar-refractivity contribution < 1.29 is 9.90 Å². The molecule has 0 spiro atoms. The molecule has 0 aromatic heterocycles. The molecule has 0 saturated heterocycles. The highest BCUT2D eigenvalue weighted by Gasteiger charge is 2.64. The number of aromatic hydroxyl groups is 1. The largest absolute Gasteiger partial charge is 0.507 e. The minimum absolute atomic E-state index is 0.0142. The first-order chi connectivity index (χ1) is 11.6. The van der Waals surface area contributed by atoms with Crippen LogP contribution in [-0.2, 0) is 4.79 Å². The van der Waals surface area contributed by atoms with E-state index in [1.807, 2.05) is 30.3 Å². The van der Waals surface area contributed by atoms with Crippen LogP contribution in [0, 0.1) is 17.3 Å². The second-order valence-electron chi connectivity index (χ2n) is 7.29. The molecule has 0 aliphatic heterocycles. The molecule has 3 atom stereocenters. The number of carbonyl (C=O) groups is 1. The minimum atomic E-state index is 0.0142. The molecule has 0 radical (unpaired) electrons. The molecule has 2 aromatic rings. The van der Waals surface area contributed by atoms with E-state index in [-0.39, 0.29) is 23.0 Å². The Morgan fingerprint density at radius 1 is 1.29 bits per heavy atom. The molecule has 1 amide bonds. The fourth-order valence-corrected chi connectivity index (χ4v) is 4.50. The van der Waals surface area contributed by atoms with Crippen LogP contribution < -0.4 is 5.43 Å². The number of amides is 1. The third-order valence-electron chi connectivity index (χ3n) is 5.93. The maximum absolute atomic E-state index is 12.4. The van der Waals surface area contributed by atoms with E-state index in [1.54, 1.807) is 12.3 Å². The maximum Gasteiger partial charge on any atom is 0.244 e. The van der Waals surface area contributed by atoms with Crippen LogP contribution in [0.4, 0.5) is 0 Å². The smallest absolute Gasteiger partial charge is 0.244 e. The number of benzene rings is 2. The zero-order valence-corrected chi connectivity index (χ0v) is 13.8. The van der Waals surface area contributed by atoms with E-state index >= 15 is 0 Å². The third kappa shape index (κ3) is 2.37. The topological polar surface area (TPSA) is 61.7 Å². The predicted molar refractivity (Wildman–Crippen MR) is 94.9 cm³/mol. The number of nitrogens with one attached hydrogen (secondary N) is 1. The van der Waals surface area contributed by atoms with Crippen LogP contribution in [0.5, 0.6) is 5.75 Å². The summed E-state index contributed by atoms with van der Waals surface area (Å²) in [6.07, 6.45) is 6.30. The van der Waals surface area contributed by atoms with Gasteiger partial charge in [-0.3, -0.25) is 4.79 Å². The second kappa shape index (κ2) is 5.62. The molecular formula is C20H22N2O2. The summed E-state index contributed by atoms with van der Waals surface area (Å²) in [5, 5.41) is 16.2. The summed E-state index contributed by atoms with van der Waals surface area (Å²) >= 11 is 0. The van der Waals surface area contributed by atoms with Crippen molar-refractivity contribution in [1.29, 1.82) is 0 Å². The van der Waals surface area contributed by atoms with Gasteiger partial charge in [0.15, 0.2) is 0 Å². The number of fused-ring (bicyclic) bond motifs is 2. The summed E-state index contributed by atoms with van der Waals surface area (Å²) in [4.78, 5) is 12.4. The molecule has 2 saturated carbocycles. The molecule has 2 aliphatic carbocycles. The Kier molecular flexibility index (Phi) is 3.56. The standard InChI is InChI=1S/C20H22N2O2/c1-20-11-5-4-8-16(20)18(20)19(24)22-21-12-15-14-7-3-2-6-13(14)9-10-17(15)23/h2-3,6-7,9-10,12,16,18,23H,4-5,8,11H2,1H3,(H,22,24)/b21-12-/t16-,18-,20-/m0/s1. The normalized spacial score (nSPS) is 28.7. The van der Waals surface area contributed by atoms with Crippen LogP contribution in [0.3, 0.4) is 0 Å². The van der Waals surface area contributed by atoms with Gasteiger partial charge >= 0.3 is 0 Å². The lowest BCUT2D eigenvalue weighted by Gasteiger charge is -2.15. The van der Waals surface area contributed by atoms with Crippen LogP contribution in [0.2, 0.25) is 0 Å². The molecule has 0 unspecified atom stereocenters. The minimum Gasteiger partial charge on any atom is -0.507 e. The number of rotatable bonds is 3. The Balaban J connectivity index is 1.51. The van der Waals surface area contributed by atoms with E-state index in [4.69, 9.17) is 0 Å². The van der Waals surface area contributed by atoms with Gasteiger partial charge in [-0.2, -0.15) is 5.10 Å². The van der Waals surface area contributed by atoms with Crippen molar-refractivity contribution in [3.05, 3.63) is 42.0 Å². The van der Waals surface area contributed by atoms with E-state index in [0.29, 0.717) is 11.5 Å². The highest BCUT2D eigenvalue weighted by atomic mass is 16.3. The number of nitrogens with zero attached hydrogens (tertiary/aromatic N) is 1. The van der Waals surface area contributed by atoms with Crippen LogP contribution in [0.15, 0.2) is 41.5 Å². The Hall–Kier alpha value is -2.36. The van der Waals surface area contributed by atoms with Crippen LogP contribution >= 0.6 is 0 Å². The van der Waals surface area contributed by atoms with Gasteiger partial charge in [0, 0.05) is 11.5 Å². The average Bonchev–Trinajstić information content (AvgIpc) is 3.22. The van der Waals surface area contributed by atoms with E-state index in [9.17, 15) is 9.90 Å². The molecule has 0 bridgehead atoms. The Labute approximate surface area is 141 Å². The van der Waals surface area contributed by atoms with Gasteiger partial charge in [0.1, 0.15) is 5.75 Å². The lowest BCUT2D eigenvalue weighted by Crippen LogP contribution is -2.22. The Morgan fingerprint density at radius 3 is 2.92 bits per heavy atom. The van der Waals surface area contributed by atoms with Gasteiger partial charge < -0.3 is 5.11 Å². The van der Waals surface area contributed by atoms with E-state index in [0.717, 1.165) is 23.6 Å². The SMILES string of the molecule is C[C@]12CCCC[C@H]1[C@H]2C(=O)N/N=C\c1c(O)ccc2ccccc12. The lowest BCUT2D eigenvalue weighted by molar-refractivity contribution is -0.123. The fraction of sp³-hybridized carbons (Fsp3) is 0.400. The molecule has 4 nitrogen and oxygen atoms in total. The van der Waals surface area contributed by atoms with E-state index < -0.39 is 0 Å². The molecule has 4 heteroatoms. The van der Waals surface area contributed by atoms with Crippen molar-refractivity contribution in [2.24, 2.45) is 22.4 Å². The molecule has 2 aromatic carbocycles. The summed E-state index contributed by atoms with van der Waals surface area (Å²) < 4.78 is 0.